The van der Waals surface area contributed by atoms with Gasteiger partial charge in [0, 0.05) is 10.9 Å². The normalized spacial score (nSPS) is 11.6. The molecule has 0 radical (unpaired) electrons. The number of hydrogen-bond donors (Lipinski definition) is 1. The number of hydrogen-bond acceptors (Lipinski definition) is 5. The topological polar surface area (TPSA) is 72.6 Å². The molecule has 2 aromatic rings. The molecule has 0 spiro atoms. The highest BCUT2D eigenvalue weighted by Gasteiger charge is 2.23. The molecule has 1 N–H and O–H groups in total. The third-order valence-electron chi connectivity index (χ3n) is 2.68. The number of thiophene rings is 1. The van der Waals surface area contributed by atoms with Crippen LogP contribution in [0.5, 0.6) is 5.75 Å². The fraction of sp³-hybridized carbons (Fsp3) is 0.429. The number of aryl methyl sites for hydroxylation is 1. The molecular weight excluding hydrogens is 278 g/mol. The maximum absolute atomic E-state index is 11.3. The summed E-state index contributed by atoms with van der Waals surface area (Å²) in [7, 11) is 0. The molecule has 2 heterocycles. The lowest BCUT2D eigenvalue weighted by molar-refractivity contribution is 0.0697. The van der Waals surface area contributed by atoms with E-state index < -0.39 is 5.97 Å². The van der Waals surface area contributed by atoms with Crippen molar-refractivity contribution in [3.8, 4) is 5.75 Å². The van der Waals surface area contributed by atoms with Gasteiger partial charge < -0.3 is 14.4 Å². The summed E-state index contributed by atoms with van der Waals surface area (Å²) >= 11 is 1.25. The Morgan fingerprint density at radius 2 is 2.15 bits per heavy atom. The largest absolute Gasteiger partial charge is 0.485 e. The van der Waals surface area contributed by atoms with Crippen molar-refractivity contribution in [3.63, 3.8) is 0 Å². The molecule has 0 fully saturated rings. The minimum Gasteiger partial charge on any atom is -0.485 e. The summed E-state index contributed by atoms with van der Waals surface area (Å²) in [4.78, 5) is 12.5. The maximum Gasteiger partial charge on any atom is 0.349 e. The lowest BCUT2D eigenvalue weighted by Crippen LogP contribution is -2.08. The number of aromatic nitrogens is 1. The number of carboxylic acids is 1. The summed E-state index contributed by atoms with van der Waals surface area (Å²) in [6.07, 6.45) is 0. The van der Waals surface area contributed by atoms with Gasteiger partial charge >= 0.3 is 5.97 Å². The second-order valence-electron chi connectivity index (χ2n) is 5.58. The van der Waals surface area contributed by atoms with Crippen molar-refractivity contribution in [1.29, 1.82) is 0 Å². The Hall–Kier alpha value is -1.82. The van der Waals surface area contributed by atoms with Crippen LogP contribution in [0.15, 0.2) is 16.7 Å². The summed E-state index contributed by atoms with van der Waals surface area (Å²) < 4.78 is 10.5. The lowest BCUT2D eigenvalue weighted by atomic mass is 9.95. The fourth-order valence-corrected chi connectivity index (χ4v) is 2.64. The Kier molecular flexibility index (Phi) is 3.85. The molecule has 2 rings (SSSR count). The van der Waals surface area contributed by atoms with Crippen LogP contribution in [-0.2, 0) is 12.0 Å². The number of aromatic carboxylic acids is 1. The van der Waals surface area contributed by atoms with E-state index in [1.54, 1.807) is 19.1 Å². The van der Waals surface area contributed by atoms with Crippen molar-refractivity contribution >= 4 is 17.3 Å². The number of nitrogens with zero attached hydrogens (tertiary/aromatic N) is 1. The molecule has 0 bridgehead atoms. The van der Waals surface area contributed by atoms with Crippen LogP contribution in [0.2, 0.25) is 0 Å². The van der Waals surface area contributed by atoms with Crippen LogP contribution in [0.4, 0.5) is 0 Å². The van der Waals surface area contributed by atoms with E-state index >= 15 is 0 Å². The van der Waals surface area contributed by atoms with Gasteiger partial charge in [-0.2, -0.15) is 0 Å². The van der Waals surface area contributed by atoms with E-state index in [4.69, 9.17) is 9.26 Å². The van der Waals surface area contributed by atoms with E-state index in [0.29, 0.717) is 17.2 Å². The van der Waals surface area contributed by atoms with E-state index in [0.717, 1.165) is 4.88 Å². The summed E-state index contributed by atoms with van der Waals surface area (Å²) in [6, 6.07) is 3.55. The Morgan fingerprint density at radius 3 is 2.65 bits per heavy atom. The van der Waals surface area contributed by atoms with Crippen LogP contribution in [0.1, 0.15) is 46.8 Å². The monoisotopic (exact) mass is 295 g/mol. The average Bonchev–Trinajstić information content (AvgIpc) is 2.91. The molecule has 108 valence electrons. The zero-order valence-electron chi connectivity index (χ0n) is 11.9. The summed E-state index contributed by atoms with van der Waals surface area (Å²) in [6.45, 7) is 8.10. The van der Waals surface area contributed by atoms with E-state index in [-0.39, 0.29) is 16.9 Å². The van der Waals surface area contributed by atoms with Crippen molar-refractivity contribution in [3.05, 3.63) is 33.3 Å². The molecule has 2 aromatic heterocycles. The van der Waals surface area contributed by atoms with Crippen molar-refractivity contribution in [2.45, 2.75) is 39.7 Å². The van der Waals surface area contributed by atoms with Crippen molar-refractivity contribution in [2.75, 3.05) is 0 Å². The fourth-order valence-electron chi connectivity index (χ4n) is 1.64. The van der Waals surface area contributed by atoms with Gasteiger partial charge in [0.05, 0.1) is 0 Å². The molecular formula is C14H17NO4S. The quantitative estimate of drug-likeness (QED) is 0.932. The second kappa shape index (κ2) is 5.28. The Morgan fingerprint density at radius 1 is 1.45 bits per heavy atom. The minimum atomic E-state index is -0.975. The van der Waals surface area contributed by atoms with Crippen molar-refractivity contribution in [1.82, 2.24) is 5.16 Å². The van der Waals surface area contributed by atoms with Gasteiger partial charge in [0.1, 0.15) is 23.8 Å². The molecule has 0 saturated heterocycles. The van der Waals surface area contributed by atoms with Crippen LogP contribution in [-0.4, -0.2) is 16.2 Å². The third-order valence-corrected chi connectivity index (χ3v) is 4.21. The lowest BCUT2D eigenvalue weighted by Gasteiger charge is -2.14. The van der Waals surface area contributed by atoms with Crippen molar-refractivity contribution < 1.29 is 19.2 Å². The van der Waals surface area contributed by atoms with Gasteiger partial charge in [0.15, 0.2) is 4.88 Å². The van der Waals surface area contributed by atoms with Gasteiger partial charge in [-0.05, 0) is 18.4 Å². The summed E-state index contributed by atoms with van der Waals surface area (Å²) in [5.41, 5.74) is 0.531. The molecule has 0 unspecified atom stereocenters. The molecule has 0 saturated carbocycles. The number of rotatable bonds is 4. The van der Waals surface area contributed by atoms with E-state index in [1.807, 2.05) is 20.8 Å². The van der Waals surface area contributed by atoms with Gasteiger partial charge in [-0.25, -0.2) is 4.79 Å². The molecule has 0 aliphatic carbocycles. The zero-order chi connectivity index (χ0) is 14.9. The number of carboxylic acid groups (broad SMARTS) is 1. The molecule has 0 aromatic carbocycles. The summed E-state index contributed by atoms with van der Waals surface area (Å²) in [5, 5.41) is 13.1. The molecule has 0 aliphatic heterocycles. The molecule has 0 amide bonds. The first kappa shape index (κ1) is 14.6. The molecule has 0 aliphatic rings. The first-order valence-electron chi connectivity index (χ1n) is 6.20. The predicted molar refractivity (Wildman–Crippen MR) is 75.6 cm³/mol. The average molecular weight is 295 g/mol. The molecule has 6 heteroatoms. The smallest absolute Gasteiger partial charge is 0.349 e. The van der Waals surface area contributed by atoms with Crippen LogP contribution in [0, 0.1) is 6.92 Å². The van der Waals surface area contributed by atoms with Crippen LogP contribution < -0.4 is 4.74 Å². The SMILES string of the molecule is Cc1cc(COc2cc(C(C)(C)C)sc2C(=O)O)no1. The highest BCUT2D eigenvalue weighted by molar-refractivity contribution is 7.14. The summed E-state index contributed by atoms with van der Waals surface area (Å²) in [5.74, 6) is 0.104. The van der Waals surface area contributed by atoms with Gasteiger partial charge in [-0.1, -0.05) is 25.9 Å². The van der Waals surface area contributed by atoms with Gasteiger partial charge in [0.2, 0.25) is 0 Å². The van der Waals surface area contributed by atoms with Crippen molar-refractivity contribution in [2.24, 2.45) is 0 Å². The van der Waals surface area contributed by atoms with Crippen LogP contribution in [0.3, 0.4) is 0 Å². The first-order chi connectivity index (χ1) is 9.27. The third kappa shape index (κ3) is 3.19. The second-order valence-corrected chi connectivity index (χ2v) is 6.63. The van der Waals surface area contributed by atoms with Crippen LogP contribution >= 0.6 is 11.3 Å². The van der Waals surface area contributed by atoms with E-state index in [2.05, 4.69) is 5.16 Å². The molecule has 20 heavy (non-hydrogen) atoms. The van der Waals surface area contributed by atoms with Gasteiger partial charge in [-0.15, -0.1) is 11.3 Å². The zero-order valence-corrected chi connectivity index (χ0v) is 12.7. The Balaban J connectivity index is 2.21. The van der Waals surface area contributed by atoms with E-state index in [1.165, 1.54) is 11.3 Å². The minimum absolute atomic E-state index is 0.110. The van der Waals surface area contributed by atoms with E-state index in [9.17, 15) is 9.90 Å². The number of ether oxygens (including phenoxy) is 1. The number of carbonyl (C=O) groups is 1. The van der Waals surface area contributed by atoms with Gasteiger partial charge in [0.25, 0.3) is 0 Å². The maximum atomic E-state index is 11.3. The van der Waals surface area contributed by atoms with Crippen LogP contribution in [0.25, 0.3) is 0 Å². The molecule has 0 atom stereocenters. The molecule has 5 nitrogen and oxygen atoms in total. The first-order valence-corrected chi connectivity index (χ1v) is 7.01. The standard InChI is InChI=1S/C14H17NO4S/c1-8-5-9(15-19-8)7-18-10-6-11(14(2,3)4)20-12(10)13(16)17/h5-6H,7H2,1-4H3,(H,16,17). The predicted octanol–water partition coefficient (Wildman–Crippen LogP) is 3.62. The Bertz CT molecular complexity index is 621. The highest BCUT2D eigenvalue weighted by Crippen LogP contribution is 2.37. The Labute approximate surface area is 121 Å². The highest BCUT2D eigenvalue weighted by atomic mass is 32.1. The van der Waals surface area contributed by atoms with Gasteiger partial charge in [-0.3, -0.25) is 0 Å².